The lowest BCUT2D eigenvalue weighted by Crippen LogP contribution is -2.56. The second kappa shape index (κ2) is 10.8. The molecule has 1 rings (SSSR count). The van der Waals surface area contributed by atoms with Gasteiger partial charge in [-0.2, -0.15) is 0 Å². The van der Waals surface area contributed by atoms with Crippen molar-refractivity contribution in [2.45, 2.75) is 59.0 Å². The Bertz CT molecular complexity index is 643. The summed E-state index contributed by atoms with van der Waals surface area (Å²) in [6, 6.07) is 8.46. The van der Waals surface area contributed by atoms with Crippen molar-refractivity contribution in [2.24, 2.45) is 11.3 Å². The van der Waals surface area contributed by atoms with Crippen molar-refractivity contribution in [3.05, 3.63) is 35.9 Å². The maximum Gasteiger partial charge on any atom is 0.242 e. The number of hydrogen-bond acceptors (Lipinski definition) is 4. The van der Waals surface area contributed by atoms with Crippen LogP contribution < -0.4 is 10.6 Å². The minimum absolute atomic E-state index is 0.284. The fourth-order valence-corrected chi connectivity index (χ4v) is 3.11. The standard InChI is InChI=1S/C21H33N3O4/c1-15(24(28)14-25)17(13-9-12-16-10-7-6-8-11-16)19(26)23-18(20(27)22-5)21(2,3)4/h6-8,10-11,14-15,17-18,28H,9,12-13H2,1-5H3,(H,22,27)(H,23,26)/t15-,17?,18?/m0/s1. The van der Waals surface area contributed by atoms with Crippen LogP contribution in [0.4, 0.5) is 0 Å². The van der Waals surface area contributed by atoms with Gasteiger partial charge in [-0.1, -0.05) is 51.1 Å². The summed E-state index contributed by atoms with van der Waals surface area (Å²) in [5.74, 6) is -1.29. The Morgan fingerprint density at radius 1 is 1.18 bits per heavy atom. The Kier molecular flexibility index (Phi) is 9.12. The average Bonchev–Trinajstić information content (AvgIpc) is 2.67. The van der Waals surface area contributed by atoms with Crippen LogP contribution in [0, 0.1) is 11.3 Å². The molecule has 3 N–H and O–H groups in total. The highest BCUT2D eigenvalue weighted by molar-refractivity contribution is 5.89. The summed E-state index contributed by atoms with van der Waals surface area (Å²) in [7, 11) is 1.52. The molecule has 0 bridgehead atoms. The van der Waals surface area contributed by atoms with Crippen LogP contribution in [0.3, 0.4) is 0 Å². The second-order valence-electron chi connectivity index (χ2n) is 8.13. The topological polar surface area (TPSA) is 98.7 Å². The molecule has 0 aliphatic rings. The molecule has 3 atom stereocenters. The number of likely N-dealkylation sites (N-methyl/N-ethyl adjacent to an activating group) is 1. The van der Waals surface area contributed by atoms with Gasteiger partial charge in [0.25, 0.3) is 0 Å². The summed E-state index contributed by atoms with van der Waals surface area (Å²) in [4.78, 5) is 36.2. The summed E-state index contributed by atoms with van der Waals surface area (Å²) in [6.45, 7) is 7.22. The quantitative estimate of drug-likeness (QED) is 0.323. The number of nitrogens with one attached hydrogen (secondary N) is 2. The average molecular weight is 392 g/mol. The monoisotopic (exact) mass is 391 g/mol. The largest absolute Gasteiger partial charge is 0.357 e. The molecule has 28 heavy (non-hydrogen) atoms. The van der Waals surface area contributed by atoms with Gasteiger partial charge >= 0.3 is 0 Å². The Hall–Kier alpha value is -2.41. The zero-order valence-corrected chi connectivity index (χ0v) is 17.4. The first-order valence-corrected chi connectivity index (χ1v) is 9.60. The number of aryl methyl sites for hydroxylation is 1. The highest BCUT2D eigenvalue weighted by atomic mass is 16.5. The van der Waals surface area contributed by atoms with Crippen LogP contribution in [0.15, 0.2) is 30.3 Å². The fourth-order valence-electron chi connectivity index (χ4n) is 3.11. The molecule has 3 amide bonds. The van der Waals surface area contributed by atoms with Gasteiger partial charge in [-0.25, -0.2) is 5.06 Å². The molecule has 7 nitrogen and oxygen atoms in total. The van der Waals surface area contributed by atoms with Crippen LogP contribution in [-0.2, 0) is 20.8 Å². The van der Waals surface area contributed by atoms with Gasteiger partial charge in [0.15, 0.2) is 0 Å². The SMILES string of the molecule is CNC(=O)C(NC(=O)C(CCCc1ccccc1)[C@H](C)N(O)C=O)C(C)(C)C. The molecule has 156 valence electrons. The predicted octanol–water partition coefficient (Wildman–Crippen LogP) is 2.14. The zero-order valence-electron chi connectivity index (χ0n) is 17.4. The molecular formula is C21H33N3O4. The van der Waals surface area contributed by atoms with Gasteiger partial charge in [0.05, 0.1) is 12.0 Å². The number of hydrogen-bond donors (Lipinski definition) is 3. The summed E-state index contributed by atoms with van der Waals surface area (Å²) < 4.78 is 0. The van der Waals surface area contributed by atoms with Crippen molar-refractivity contribution in [1.82, 2.24) is 15.7 Å². The number of amides is 3. The third-order valence-electron chi connectivity index (χ3n) is 4.93. The van der Waals surface area contributed by atoms with E-state index in [1.165, 1.54) is 7.05 Å². The molecule has 0 spiro atoms. The van der Waals surface area contributed by atoms with Crippen LogP contribution in [0.25, 0.3) is 0 Å². The van der Waals surface area contributed by atoms with Crippen LogP contribution in [0.5, 0.6) is 0 Å². The number of carbonyl (C=O) groups excluding carboxylic acids is 3. The van der Waals surface area contributed by atoms with E-state index in [9.17, 15) is 19.6 Å². The highest BCUT2D eigenvalue weighted by Gasteiger charge is 2.36. The number of nitrogens with zero attached hydrogens (tertiary/aromatic N) is 1. The van der Waals surface area contributed by atoms with E-state index in [1.54, 1.807) is 6.92 Å². The van der Waals surface area contributed by atoms with Crippen LogP contribution >= 0.6 is 0 Å². The van der Waals surface area contributed by atoms with Gasteiger partial charge in [-0.3, -0.25) is 19.6 Å². The molecule has 0 aliphatic carbocycles. The van der Waals surface area contributed by atoms with E-state index < -0.39 is 23.4 Å². The smallest absolute Gasteiger partial charge is 0.242 e. The third-order valence-corrected chi connectivity index (χ3v) is 4.93. The fraction of sp³-hybridized carbons (Fsp3) is 0.571. The Morgan fingerprint density at radius 2 is 1.79 bits per heavy atom. The van der Waals surface area contributed by atoms with Crippen molar-refractivity contribution >= 4 is 18.2 Å². The normalized spacial score (nSPS) is 14.5. The second-order valence-corrected chi connectivity index (χ2v) is 8.13. The number of benzene rings is 1. The van der Waals surface area contributed by atoms with E-state index >= 15 is 0 Å². The van der Waals surface area contributed by atoms with E-state index in [4.69, 9.17) is 0 Å². The Labute approximate surface area is 167 Å². The molecule has 0 heterocycles. The van der Waals surface area contributed by atoms with E-state index in [0.717, 1.165) is 12.0 Å². The van der Waals surface area contributed by atoms with E-state index in [-0.39, 0.29) is 11.8 Å². The van der Waals surface area contributed by atoms with E-state index in [2.05, 4.69) is 10.6 Å². The number of rotatable bonds is 10. The summed E-state index contributed by atoms with van der Waals surface area (Å²) in [6.07, 6.45) is 2.25. The van der Waals surface area contributed by atoms with Crippen molar-refractivity contribution in [1.29, 1.82) is 0 Å². The van der Waals surface area contributed by atoms with E-state index in [1.807, 2.05) is 51.1 Å². The predicted molar refractivity (Wildman–Crippen MR) is 107 cm³/mol. The molecule has 0 aromatic heterocycles. The molecule has 0 saturated heterocycles. The maximum atomic E-state index is 13.0. The van der Waals surface area contributed by atoms with Gasteiger partial charge in [0.1, 0.15) is 6.04 Å². The van der Waals surface area contributed by atoms with Crippen LogP contribution in [-0.4, -0.2) is 47.6 Å². The van der Waals surface area contributed by atoms with Gasteiger partial charge in [0.2, 0.25) is 18.2 Å². The number of carbonyl (C=O) groups is 3. The Balaban J connectivity index is 2.91. The van der Waals surface area contributed by atoms with Crippen LogP contribution in [0.2, 0.25) is 0 Å². The summed E-state index contributed by atoms with van der Waals surface area (Å²) in [5, 5.41) is 15.7. The summed E-state index contributed by atoms with van der Waals surface area (Å²) in [5.41, 5.74) is 0.667. The first-order chi connectivity index (χ1) is 13.1. The van der Waals surface area contributed by atoms with Gasteiger partial charge < -0.3 is 10.6 Å². The van der Waals surface area contributed by atoms with Crippen molar-refractivity contribution < 1.29 is 19.6 Å². The van der Waals surface area contributed by atoms with Crippen molar-refractivity contribution in [3.8, 4) is 0 Å². The molecular weight excluding hydrogens is 358 g/mol. The first kappa shape index (κ1) is 23.6. The molecule has 0 saturated carbocycles. The van der Waals surface area contributed by atoms with Gasteiger partial charge in [0, 0.05) is 7.05 Å². The molecule has 0 radical (unpaired) electrons. The van der Waals surface area contributed by atoms with Crippen molar-refractivity contribution in [2.75, 3.05) is 7.05 Å². The molecule has 7 heteroatoms. The van der Waals surface area contributed by atoms with Crippen LogP contribution in [0.1, 0.15) is 46.1 Å². The molecule has 2 unspecified atom stereocenters. The first-order valence-electron chi connectivity index (χ1n) is 9.60. The molecule has 1 aromatic carbocycles. The lowest BCUT2D eigenvalue weighted by Gasteiger charge is -2.33. The Morgan fingerprint density at radius 3 is 2.29 bits per heavy atom. The van der Waals surface area contributed by atoms with Gasteiger partial charge in [-0.05, 0) is 37.2 Å². The molecule has 1 aromatic rings. The number of hydroxylamine groups is 2. The minimum atomic E-state index is -0.725. The minimum Gasteiger partial charge on any atom is -0.357 e. The highest BCUT2D eigenvalue weighted by Crippen LogP contribution is 2.22. The lowest BCUT2D eigenvalue weighted by atomic mass is 9.85. The lowest BCUT2D eigenvalue weighted by molar-refractivity contribution is -0.166. The third kappa shape index (κ3) is 6.96. The zero-order chi connectivity index (χ0) is 21.3. The van der Waals surface area contributed by atoms with Crippen molar-refractivity contribution in [3.63, 3.8) is 0 Å². The summed E-state index contributed by atoms with van der Waals surface area (Å²) >= 11 is 0. The molecule has 0 aliphatic heterocycles. The maximum absolute atomic E-state index is 13.0. The molecule has 0 fully saturated rings. The van der Waals surface area contributed by atoms with E-state index in [0.29, 0.717) is 24.3 Å². The van der Waals surface area contributed by atoms with Gasteiger partial charge in [-0.15, -0.1) is 0 Å².